The number of anilines is 14. The molecule has 5 aromatic carbocycles. The van der Waals surface area contributed by atoms with Crippen molar-refractivity contribution in [3.8, 4) is 53.3 Å². The molecular weight excluding hydrogens is 1920 g/mol. The number of aromatic nitrogens is 18. The fourth-order valence-corrected chi connectivity index (χ4v) is 12.9. The normalized spacial score (nSPS) is 12.2. The van der Waals surface area contributed by atoms with Crippen LogP contribution in [-0.4, -0.2) is 158 Å². The molecule has 0 spiro atoms. The number of thiazole rings is 1. The van der Waals surface area contributed by atoms with E-state index < -0.39 is 6.36 Å². The van der Waals surface area contributed by atoms with Crippen LogP contribution in [0.2, 0.25) is 25.9 Å². The maximum Gasteiger partial charge on any atom is 0.573 e. The molecule has 8 heterocycles. The number of halogens is 11. The highest BCUT2D eigenvalue weighted by Gasteiger charge is 2.31. The Labute approximate surface area is 823 Å². The van der Waals surface area contributed by atoms with Crippen molar-refractivity contribution in [2.45, 2.75) is 209 Å². The number of ether oxygens (including phenoxy) is 9. The highest BCUT2D eigenvalue weighted by Crippen LogP contribution is 2.32. The van der Waals surface area contributed by atoms with E-state index in [0.29, 0.717) is 104 Å². The average molecular weight is 2030 g/mol. The van der Waals surface area contributed by atoms with E-state index in [1.54, 1.807) is 54.7 Å². The zero-order chi connectivity index (χ0) is 99.8. The molecule has 0 aliphatic heterocycles. The topological polar surface area (TPSA) is 411 Å². The van der Waals surface area contributed by atoms with E-state index in [4.69, 9.17) is 95.9 Å². The van der Waals surface area contributed by atoms with Gasteiger partial charge < -0.3 is 79.8 Å². The first-order valence-electron chi connectivity index (χ1n) is 43.3. The first kappa shape index (κ1) is 108. The maximum absolute atomic E-state index is 13.0. The molecule has 8 aromatic heterocycles. The number of hydrogen-bond donors (Lipinski definition) is 8. The van der Waals surface area contributed by atoms with Crippen LogP contribution in [0.25, 0.3) is 0 Å². The van der Waals surface area contributed by atoms with Gasteiger partial charge in [-0.1, -0.05) is 90.3 Å². The zero-order valence-electron chi connectivity index (χ0n) is 77.7. The van der Waals surface area contributed by atoms with Gasteiger partial charge in [0, 0.05) is 76.4 Å². The minimum atomic E-state index is -4.73. The van der Waals surface area contributed by atoms with Crippen LogP contribution >= 0.6 is 69.3 Å². The van der Waals surface area contributed by atoms with E-state index >= 15 is 0 Å². The lowest BCUT2D eigenvalue weighted by molar-refractivity contribution is -0.274. The minimum absolute atomic E-state index is 0.00959. The van der Waals surface area contributed by atoms with Gasteiger partial charge in [-0.05, 0) is 243 Å². The Kier molecular flexibility index (Phi) is 43.3. The highest BCUT2D eigenvalue weighted by molar-refractivity contribution is 7.13. The van der Waals surface area contributed by atoms with Gasteiger partial charge in [0.15, 0.2) is 5.13 Å². The van der Waals surface area contributed by atoms with E-state index in [2.05, 4.69) is 137 Å². The molecule has 2 aliphatic carbocycles. The van der Waals surface area contributed by atoms with Crippen LogP contribution < -0.4 is 85.2 Å². The van der Waals surface area contributed by atoms with E-state index in [0.717, 1.165) is 5.69 Å². The average Bonchev–Trinajstić information content (AvgIpc) is 1.37. The molecule has 0 radical (unpaired) electrons. The van der Waals surface area contributed by atoms with Gasteiger partial charge in [-0.25, -0.2) is 38.1 Å². The Morgan fingerprint density at radius 3 is 0.957 bits per heavy atom. The van der Waals surface area contributed by atoms with Crippen molar-refractivity contribution in [2.24, 2.45) is 0 Å². The summed E-state index contributed by atoms with van der Waals surface area (Å²) in [4.78, 5) is 74.2. The molecular formula is C91H105Cl5F6N26O9S. The van der Waals surface area contributed by atoms with Crippen LogP contribution in [0.4, 0.5) is 107 Å². The molecule has 0 amide bonds. The number of hydrogen-bond acceptors (Lipinski definition) is 36. The van der Waals surface area contributed by atoms with Crippen LogP contribution in [0.3, 0.4) is 0 Å². The van der Waals surface area contributed by atoms with Crippen LogP contribution in [-0.2, 0) is 0 Å². The van der Waals surface area contributed by atoms with Crippen LogP contribution in [0.5, 0.6) is 53.3 Å². The van der Waals surface area contributed by atoms with Gasteiger partial charge in [-0.2, -0.15) is 59.8 Å². The Bertz CT molecular complexity index is 5700. The highest BCUT2D eigenvalue weighted by atomic mass is 35.5. The van der Waals surface area contributed by atoms with Crippen molar-refractivity contribution in [2.75, 3.05) is 49.6 Å². The fourth-order valence-electron chi connectivity index (χ4n) is 11.6. The molecule has 736 valence electrons. The van der Waals surface area contributed by atoms with Gasteiger partial charge in [-0.3, -0.25) is 5.32 Å². The summed E-state index contributed by atoms with van der Waals surface area (Å²) >= 11 is 30.9. The number of para-hydroxylation sites is 1. The number of alkyl halides is 3. The van der Waals surface area contributed by atoms with Crippen molar-refractivity contribution in [3.05, 3.63) is 207 Å². The lowest BCUT2D eigenvalue weighted by Gasteiger charge is -2.14. The van der Waals surface area contributed by atoms with E-state index in [9.17, 15) is 26.3 Å². The van der Waals surface area contributed by atoms with Crippen molar-refractivity contribution in [1.29, 1.82) is 0 Å². The lowest BCUT2D eigenvalue weighted by atomic mass is 10.2. The third-order valence-corrected chi connectivity index (χ3v) is 18.4. The summed E-state index contributed by atoms with van der Waals surface area (Å²) in [5.74, 6) is 3.19. The van der Waals surface area contributed by atoms with E-state index in [1.165, 1.54) is 143 Å². The summed E-state index contributed by atoms with van der Waals surface area (Å²) in [5.41, 5.74) is 3.23. The van der Waals surface area contributed by atoms with Crippen molar-refractivity contribution < 1.29 is 69.0 Å². The first-order chi connectivity index (χ1) is 65.8. The van der Waals surface area contributed by atoms with Gasteiger partial charge in [0.05, 0.1) is 49.8 Å². The van der Waals surface area contributed by atoms with Crippen molar-refractivity contribution >= 4 is 150 Å². The SMILES string of the molecule is CC(C)Oc1cc(Cl)nc(NC2CCCC2)n1.CC(C)Oc1cc(Cl)nc(NC2CCCC2)n1.CC(C)Oc1cc(Cl)nc(Nc2ccc(F)cc2)n1.CC(C)Oc1cc(Cl)nc(Nc2ccc(OC(F)(F)F)cc2)n1.CC(C)Oc1nc(Cl)nc(Nc2ccccc2)n1.CC(C)Oc1nc(Nc2ccc(F)cc2)nc(Nc2ccc(F)cc2)n1.COc1nc(Nc2nccs2)nc(OC(C)C)n1. The molecule has 0 bridgehead atoms. The second-order valence-electron chi connectivity index (χ2n) is 31.3. The molecule has 0 atom stereocenters. The van der Waals surface area contributed by atoms with E-state index in [-0.39, 0.29) is 123 Å². The third-order valence-electron chi connectivity index (χ3n) is 16.8. The molecule has 138 heavy (non-hydrogen) atoms. The second-order valence-corrected chi connectivity index (χ2v) is 34.1. The minimum Gasteiger partial charge on any atom is -0.475 e. The first-order valence-corrected chi connectivity index (χ1v) is 46.1. The van der Waals surface area contributed by atoms with Crippen LogP contribution in [0.1, 0.15) is 148 Å². The molecule has 15 rings (SSSR count). The van der Waals surface area contributed by atoms with Gasteiger partial charge in [0.25, 0.3) is 0 Å². The standard InChI is InChI=1S/C18H17F2N5O.C14H13ClF3N3O2.C13H13ClFN3O.C12H13ClN4O.2C12H18ClN3O.C10H13N5O2S/c1-11(2)26-18-24-16(21-14-7-3-12(19)4-8-14)23-17(25-18)22-15-9-5-13(20)6-10-15;1-8(2)22-12-7-11(15)20-13(21-12)19-9-3-5-10(6-4-9)23-14(16,17)18;1-8(2)19-12-7-11(14)17-13(18-12)16-10-5-3-9(15)4-6-10;1-8(2)18-12-16-10(13)15-11(17-12)14-9-6-4-3-5-7-9;2*1-8(2)17-11-7-10(13)15-12(16-11)14-9-5-3-4-6-9;1-6(2)17-9-13-7(12-8(15-9)16-3)14-10-11-4-5-18-10/h3-11H,1-2H3,(H2,21,22,23,24,25);3-8H,1-2H3,(H,19,20,21);3-8H,1-2H3,(H,16,17,18);3-8H,1-2H3,(H,14,15,16,17);2*7-9H,3-6H2,1-2H3,(H,14,15,16);4-6H,1-3H3,(H,11,12,13,14,15). The molecule has 0 saturated heterocycles. The molecule has 2 saturated carbocycles. The summed E-state index contributed by atoms with van der Waals surface area (Å²) in [5, 5.41) is 28.2. The van der Waals surface area contributed by atoms with Crippen molar-refractivity contribution in [3.63, 3.8) is 0 Å². The Hall–Kier alpha value is -13.3. The second kappa shape index (κ2) is 55.2. The molecule has 0 unspecified atom stereocenters. The van der Waals surface area contributed by atoms with Crippen LogP contribution in [0, 0.1) is 17.5 Å². The zero-order valence-corrected chi connectivity index (χ0v) is 82.3. The monoisotopic (exact) mass is 2030 g/mol. The summed E-state index contributed by atoms with van der Waals surface area (Å²) in [6.07, 6.45) is 6.65. The number of nitrogens with zero attached hydrogens (tertiary/aromatic N) is 18. The van der Waals surface area contributed by atoms with Gasteiger partial charge >= 0.3 is 30.4 Å². The van der Waals surface area contributed by atoms with Gasteiger partial charge in [-0.15, -0.1) is 29.5 Å². The smallest absolute Gasteiger partial charge is 0.475 e. The number of nitrogens with one attached hydrogen (secondary N) is 8. The molecule has 8 N–H and O–H groups in total. The predicted molar refractivity (Wildman–Crippen MR) is 522 cm³/mol. The molecule has 2 fully saturated rings. The summed E-state index contributed by atoms with van der Waals surface area (Å²) < 4.78 is 122. The fraction of sp³-hybridized carbons (Fsp3) is 0.363. The van der Waals surface area contributed by atoms with Crippen LogP contribution in [0.15, 0.2) is 163 Å². The van der Waals surface area contributed by atoms with Crippen molar-refractivity contribution in [1.82, 2.24) is 89.7 Å². The van der Waals surface area contributed by atoms with Gasteiger partial charge in [0.2, 0.25) is 76.4 Å². The molecule has 35 nitrogen and oxygen atoms in total. The number of rotatable bonds is 32. The molecule has 13 aromatic rings. The Morgan fingerprint density at radius 1 is 0.326 bits per heavy atom. The molecule has 2 aliphatic rings. The Morgan fingerprint density at radius 2 is 0.623 bits per heavy atom. The predicted octanol–water partition coefficient (Wildman–Crippen LogP) is 24.3. The third kappa shape index (κ3) is 42.5. The lowest BCUT2D eigenvalue weighted by Crippen LogP contribution is -2.17. The summed E-state index contributed by atoms with van der Waals surface area (Å²) in [6, 6.07) is 40.1. The summed E-state index contributed by atoms with van der Waals surface area (Å²) in [7, 11) is 1.49. The van der Waals surface area contributed by atoms with Gasteiger partial charge in [0.1, 0.15) is 43.8 Å². The Balaban J connectivity index is 0.000000181. The quantitative estimate of drug-likeness (QED) is 0.0143. The number of methoxy groups -OCH3 is 1. The number of benzene rings is 5. The maximum atomic E-state index is 13.0. The molecule has 47 heteroatoms. The summed E-state index contributed by atoms with van der Waals surface area (Å²) in [6.45, 7) is 26.6. The van der Waals surface area contributed by atoms with E-state index in [1.807, 2.05) is 133 Å². The largest absolute Gasteiger partial charge is 0.573 e.